The molecule has 5 heteroatoms. The van der Waals surface area contributed by atoms with Crippen molar-refractivity contribution in [2.24, 2.45) is 46.3 Å². The molecule has 4 saturated carbocycles. The summed E-state index contributed by atoms with van der Waals surface area (Å²) in [7, 11) is 0. The molecule has 0 spiro atoms. The van der Waals surface area contributed by atoms with Crippen LogP contribution in [0.4, 0.5) is 0 Å². The fourth-order valence-corrected chi connectivity index (χ4v) is 9.00. The molecule has 0 aromatic heterocycles. The smallest absolute Gasteiger partial charge is 0.306 e. The average molecular weight is 451 g/mol. The first-order valence-electron chi connectivity index (χ1n) is 13.2. The van der Waals surface area contributed by atoms with Crippen molar-refractivity contribution in [2.75, 3.05) is 0 Å². The highest BCUT2D eigenvalue weighted by molar-refractivity contribution is 5.69. The Hall–Kier alpha value is -0.650. The van der Waals surface area contributed by atoms with Crippen molar-refractivity contribution >= 4 is 5.97 Å². The normalized spacial score (nSPS) is 49.2. The average Bonchev–Trinajstić information content (AvgIpc) is 3.06. The second-order valence-corrected chi connectivity index (χ2v) is 12.6. The van der Waals surface area contributed by atoms with Crippen LogP contribution >= 0.6 is 0 Å². The maximum Gasteiger partial charge on any atom is 0.306 e. The lowest BCUT2D eigenvalue weighted by atomic mass is 9.43. The van der Waals surface area contributed by atoms with E-state index in [-0.39, 0.29) is 47.1 Å². The summed E-state index contributed by atoms with van der Waals surface area (Å²) < 4.78 is 5.33. The van der Waals surface area contributed by atoms with E-state index in [1.54, 1.807) is 0 Å². The first kappa shape index (κ1) is 24.5. The molecule has 32 heavy (non-hydrogen) atoms. The van der Waals surface area contributed by atoms with Crippen LogP contribution < -0.4 is 0 Å². The van der Waals surface area contributed by atoms with Gasteiger partial charge in [0.2, 0.25) is 0 Å². The van der Waals surface area contributed by atoms with E-state index in [2.05, 4.69) is 20.8 Å². The standard InChI is InChI=1S/C27H46O5/c1-15(2)32-24(31)9-6-16(3)19-7-8-20-25-21(14-23(30)27(19,20)5)26(4)11-10-18(28)12-17(26)13-22(25)29/h15-23,25,28-30H,6-14H2,1-5H3/t16-,17?,18-,19-,20?,21?,22-,23+,25?,26+,27-/m1/s1. The Balaban J connectivity index is 1.52. The van der Waals surface area contributed by atoms with Crippen LogP contribution in [-0.4, -0.2) is 45.7 Å². The summed E-state index contributed by atoms with van der Waals surface area (Å²) in [6.07, 6.45) is 6.50. The third-order valence-electron chi connectivity index (χ3n) is 10.7. The molecule has 4 aliphatic carbocycles. The molecule has 0 amide bonds. The SMILES string of the molecule is CC(C)OC(=O)CC[C@@H](C)[C@H]1CCC2C3C(C[C@H](O)[C@@]21C)[C@@]1(C)CC[C@@H](O)CC1C[C@H]3O. The summed E-state index contributed by atoms with van der Waals surface area (Å²) in [6.45, 7) is 10.6. The zero-order valence-corrected chi connectivity index (χ0v) is 20.8. The molecule has 4 unspecified atom stereocenters. The van der Waals surface area contributed by atoms with Crippen molar-refractivity contribution in [3.05, 3.63) is 0 Å². The second kappa shape index (κ2) is 8.85. The number of aliphatic hydroxyl groups is 3. The van der Waals surface area contributed by atoms with E-state index in [0.29, 0.717) is 36.0 Å². The summed E-state index contributed by atoms with van der Waals surface area (Å²) in [5, 5.41) is 33.2. The molecule has 0 aliphatic heterocycles. The molecule has 11 atom stereocenters. The molecule has 4 rings (SSSR count). The van der Waals surface area contributed by atoms with Gasteiger partial charge in [0.05, 0.1) is 24.4 Å². The van der Waals surface area contributed by atoms with Gasteiger partial charge < -0.3 is 20.1 Å². The summed E-state index contributed by atoms with van der Waals surface area (Å²) in [6, 6.07) is 0. The zero-order chi connectivity index (χ0) is 23.4. The van der Waals surface area contributed by atoms with Crippen LogP contribution in [0.1, 0.15) is 92.4 Å². The lowest BCUT2D eigenvalue weighted by Gasteiger charge is -2.63. The largest absolute Gasteiger partial charge is 0.463 e. The summed E-state index contributed by atoms with van der Waals surface area (Å²) in [5.74, 6) is 1.81. The van der Waals surface area contributed by atoms with E-state index in [0.717, 1.165) is 51.4 Å². The van der Waals surface area contributed by atoms with Crippen LogP contribution in [0.5, 0.6) is 0 Å². The van der Waals surface area contributed by atoms with Gasteiger partial charge in [-0.3, -0.25) is 4.79 Å². The van der Waals surface area contributed by atoms with Crippen molar-refractivity contribution in [1.82, 2.24) is 0 Å². The molecular formula is C27H46O5. The Morgan fingerprint density at radius 2 is 1.72 bits per heavy atom. The number of carbonyl (C=O) groups excluding carboxylic acids is 1. The lowest BCUT2D eigenvalue weighted by molar-refractivity contribution is -0.207. The van der Waals surface area contributed by atoms with Crippen molar-refractivity contribution in [3.63, 3.8) is 0 Å². The molecule has 4 fully saturated rings. The number of ether oxygens (including phenoxy) is 1. The van der Waals surface area contributed by atoms with E-state index in [1.165, 1.54) is 0 Å². The van der Waals surface area contributed by atoms with E-state index < -0.39 is 0 Å². The third kappa shape index (κ3) is 3.94. The van der Waals surface area contributed by atoms with Gasteiger partial charge in [-0.2, -0.15) is 0 Å². The Morgan fingerprint density at radius 3 is 2.41 bits per heavy atom. The van der Waals surface area contributed by atoms with Gasteiger partial charge in [0.25, 0.3) is 0 Å². The lowest BCUT2D eigenvalue weighted by Crippen LogP contribution is -2.62. The van der Waals surface area contributed by atoms with Crippen molar-refractivity contribution in [3.8, 4) is 0 Å². The minimum absolute atomic E-state index is 0.0813. The monoisotopic (exact) mass is 450 g/mol. The minimum Gasteiger partial charge on any atom is -0.463 e. The molecule has 184 valence electrons. The fraction of sp³-hybridized carbons (Fsp3) is 0.963. The van der Waals surface area contributed by atoms with Crippen LogP contribution in [-0.2, 0) is 9.53 Å². The molecule has 0 saturated heterocycles. The van der Waals surface area contributed by atoms with Crippen molar-refractivity contribution < 1.29 is 24.9 Å². The molecule has 0 aromatic rings. The number of hydrogen-bond acceptors (Lipinski definition) is 5. The van der Waals surface area contributed by atoms with Gasteiger partial charge in [-0.15, -0.1) is 0 Å². The van der Waals surface area contributed by atoms with Gasteiger partial charge in [-0.05, 0) is 112 Å². The van der Waals surface area contributed by atoms with Crippen LogP contribution in [0.2, 0.25) is 0 Å². The number of fused-ring (bicyclic) bond motifs is 5. The topological polar surface area (TPSA) is 87.0 Å². The van der Waals surface area contributed by atoms with Gasteiger partial charge in [0, 0.05) is 6.42 Å². The molecule has 5 nitrogen and oxygen atoms in total. The Morgan fingerprint density at radius 1 is 1.00 bits per heavy atom. The zero-order valence-electron chi connectivity index (χ0n) is 20.8. The van der Waals surface area contributed by atoms with Gasteiger partial charge in [-0.1, -0.05) is 20.8 Å². The van der Waals surface area contributed by atoms with E-state index in [9.17, 15) is 20.1 Å². The summed E-state index contributed by atoms with van der Waals surface area (Å²) in [4.78, 5) is 12.1. The van der Waals surface area contributed by atoms with Crippen molar-refractivity contribution in [2.45, 2.75) is 117 Å². The summed E-state index contributed by atoms with van der Waals surface area (Å²) in [5.41, 5.74) is -0.101. The Kier molecular flexibility index (Phi) is 6.77. The van der Waals surface area contributed by atoms with Gasteiger partial charge in [0.15, 0.2) is 0 Å². The third-order valence-corrected chi connectivity index (χ3v) is 10.7. The number of esters is 1. The van der Waals surface area contributed by atoms with Crippen LogP contribution in [0.25, 0.3) is 0 Å². The van der Waals surface area contributed by atoms with Crippen LogP contribution in [0.15, 0.2) is 0 Å². The first-order chi connectivity index (χ1) is 15.0. The van der Waals surface area contributed by atoms with E-state index >= 15 is 0 Å². The Bertz CT molecular complexity index is 694. The maximum absolute atomic E-state index is 12.1. The summed E-state index contributed by atoms with van der Waals surface area (Å²) >= 11 is 0. The molecular weight excluding hydrogens is 404 g/mol. The number of carbonyl (C=O) groups is 1. The highest BCUT2D eigenvalue weighted by atomic mass is 16.5. The first-order valence-corrected chi connectivity index (χ1v) is 13.2. The molecule has 3 N–H and O–H groups in total. The molecule has 0 radical (unpaired) electrons. The maximum atomic E-state index is 12.1. The van der Waals surface area contributed by atoms with E-state index in [4.69, 9.17) is 4.74 Å². The Labute approximate surface area is 194 Å². The van der Waals surface area contributed by atoms with Gasteiger partial charge >= 0.3 is 5.97 Å². The molecule has 0 aromatic carbocycles. The minimum atomic E-state index is -0.374. The van der Waals surface area contributed by atoms with E-state index in [1.807, 2.05) is 13.8 Å². The molecule has 4 aliphatic rings. The molecule has 0 bridgehead atoms. The fourth-order valence-electron chi connectivity index (χ4n) is 9.00. The predicted octanol–water partition coefficient (Wildman–Crippen LogP) is 4.32. The highest BCUT2D eigenvalue weighted by Gasteiger charge is 2.65. The van der Waals surface area contributed by atoms with Gasteiger partial charge in [-0.25, -0.2) is 0 Å². The quantitative estimate of drug-likeness (QED) is 0.543. The van der Waals surface area contributed by atoms with Crippen molar-refractivity contribution in [1.29, 1.82) is 0 Å². The number of hydrogen-bond donors (Lipinski definition) is 3. The van der Waals surface area contributed by atoms with Crippen LogP contribution in [0, 0.1) is 46.3 Å². The number of rotatable bonds is 5. The van der Waals surface area contributed by atoms with Crippen LogP contribution in [0.3, 0.4) is 0 Å². The van der Waals surface area contributed by atoms with Gasteiger partial charge in [0.1, 0.15) is 0 Å². The molecule has 0 heterocycles. The predicted molar refractivity (Wildman–Crippen MR) is 124 cm³/mol. The second-order valence-electron chi connectivity index (χ2n) is 12.6. The number of aliphatic hydroxyl groups excluding tert-OH is 3. The highest BCUT2D eigenvalue weighted by Crippen LogP contribution is 2.68.